The highest BCUT2D eigenvalue weighted by Crippen LogP contribution is 2.06. The first-order valence-electron chi connectivity index (χ1n) is 11.7. The Morgan fingerprint density at radius 3 is 2.13 bits per heavy atom. The number of nitrogens with one attached hydrogen (secondary N) is 4. The second-order valence-electron chi connectivity index (χ2n) is 8.52. The summed E-state index contributed by atoms with van der Waals surface area (Å²) >= 11 is 0. The zero-order valence-electron chi connectivity index (χ0n) is 20.9. The number of aliphatic carboxylic acids is 1. The lowest BCUT2D eigenvalue weighted by Crippen LogP contribution is -2.58. The summed E-state index contributed by atoms with van der Waals surface area (Å²) in [5.41, 5.74) is 21.8. The van der Waals surface area contributed by atoms with Crippen molar-refractivity contribution in [1.29, 1.82) is 0 Å². The Balaban J connectivity index is 3.11. The average molecular weight is 541 g/mol. The minimum atomic E-state index is -1.45. The van der Waals surface area contributed by atoms with Crippen molar-refractivity contribution in [3.05, 3.63) is 18.2 Å². The summed E-state index contributed by atoms with van der Waals surface area (Å²) in [6.07, 6.45) is 1.19. The van der Waals surface area contributed by atoms with E-state index in [2.05, 4.69) is 30.9 Å². The number of amides is 4. The number of hydrogen-bond acceptors (Lipinski definition) is 9. The molecule has 14 N–H and O–H groups in total. The van der Waals surface area contributed by atoms with Crippen LogP contribution in [0.5, 0.6) is 0 Å². The number of aromatic nitrogens is 2. The minimum Gasteiger partial charge on any atom is -0.480 e. The standard InChI is InChI=1S/C21H36N10O7/c1-10(32)16(23)19(36)31-14(7-11-8-26-9-28-11)18(35)29-12(3-2-6-27-21(24)25)17(34)30-13(20(37)38)4-5-15(22)33/h8-10,12-14,16,32H,2-7,23H2,1H3,(H2,22,33)(H,26,28)(H,29,35)(H,30,34)(H,31,36)(H,37,38)(H4,24,25,27). The van der Waals surface area contributed by atoms with Gasteiger partial charge in [-0.05, 0) is 26.2 Å². The molecule has 1 heterocycles. The lowest BCUT2D eigenvalue weighted by Gasteiger charge is -2.25. The number of aliphatic hydroxyl groups is 1. The van der Waals surface area contributed by atoms with E-state index in [1.807, 2.05) is 0 Å². The molecule has 0 aromatic carbocycles. The van der Waals surface area contributed by atoms with Gasteiger partial charge < -0.3 is 54.1 Å². The summed E-state index contributed by atoms with van der Waals surface area (Å²) in [4.78, 5) is 71.7. The second kappa shape index (κ2) is 15.8. The van der Waals surface area contributed by atoms with Gasteiger partial charge in [-0.25, -0.2) is 9.78 Å². The molecule has 0 bridgehead atoms. The number of aromatic amines is 1. The molecule has 0 saturated heterocycles. The van der Waals surface area contributed by atoms with E-state index in [0.717, 1.165) is 0 Å². The van der Waals surface area contributed by atoms with E-state index in [-0.39, 0.29) is 44.6 Å². The Morgan fingerprint density at radius 2 is 1.61 bits per heavy atom. The maximum atomic E-state index is 13.2. The Labute approximate surface area is 218 Å². The fourth-order valence-corrected chi connectivity index (χ4v) is 3.17. The third-order valence-corrected chi connectivity index (χ3v) is 5.31. The third-order valence-electron chi connectivity index (χ3n) is 5.31. The Kier molecular flexibility index (Phi) is 13.2. The molecule has 0 fully saturated rings. The van der Waals surface area contributed by atoms with Crippen LogP contribution in [0.3, 0.4) is 0 Å². The van der Waals surface area contributed by atoms with Gasteiger partial charge in [0.1, 0.15) is 24.2 Å². The van der Waals surface area contributed by atoms with Crippen LogP contribution in [0.2, 0.25) is 0 Å². The first kappa shape index (κ1) is 31.8. The SMILES string of the molecule is CC(O)C(N)C(=O)NC(Cc1cnc[nH]1)C(=O)NC(CCCN=C(N)N)C(=O)NC(CCC(N)=O)C(=O)O. The summed E-state index contributed by atoms with van der Waals surface area (Å²) in [6.45, 7) is 1.42. The quantitative estimate of drug-likeness (QED) is 0.0510. The molecular weight excluding hydrogens is 504 g/mol. The highest BCUT2D eigenvalue weighted by Gasteiger charge is 2.31. The predicted octanol–water partition coefficient (Wildman–Crippen LogP) is -4.48. The molecule has 0 aliphatic heterocycles. The average Bonchev–Trinajstić information content (AvgIpc) is 3.34. The van der Waals surface area contributed by atoms with Crippen molar-refractivity contribution in [3.8, 4) is 0 Å². The molecule has 17 heteroatoms. The molecule has 5 unspecified atom stereocenters. The topological polar surface area (TPSA) is 307 Å². The van der Waals surface area contributed by atoms with E-state index in [9.17, 15) is 34.2 Å². The van der Waals surface area contributed by atoms with Crippen molar-refractivity contribution in [2.24, 2.45) is 27.9 Å². The normalized spacial score (nSPS) is 14.7. The van der Waals surface area contributed by atoms with Crippen LogP contribution in [-0.4, -0.2) is 92.6 Å². The second-order valence-corrected chi connectivity index (χ2v) is 8.52. The van der Waals surface area contributed by atoms with Crippen LogP contribution in [0.4, 0.5) is 0 Å². The largest absolute Gasteiger partial charge is 0.480 e. The first-order valence-corrected chi connectivity index (χ1v) is 11.7. The van der Waals surface area contributed by atoms with Gasteiger partial charge in [0, 0.05) is 31.3 Å². The minimum absolute atomic E-state index is 0.00553. The van der Waals surface area contributed by atoms with Gasteiger partial charge in [0.05, 0.1) is 12.4 Å². The van der Waals surface area contributed by atoms with Crippen LogP contribution >= 0.6 is 0 Å². The number of carbonyl (C=O) groups excluding carboxylic acids is 4. The number of nitrogens with two attached hydrogens (primary N) is 4. The molecule has 212 valence electrons. The zero-order chi connectivity index (χ0) is 28.8. The number of imidazole rings is 1. The molecule has 0 spiro atoms. The Morgan fingerprint density at radius 1 is 1.00 bits per heavy atom. The van der Waals surface area contributed by atoms with E-state index < -0.39 is 59.9 Å². The van der Waals surface area contributed by atoms with Crippen LogP contribution in [0, 0.1) is 0 Å². The molecule has 4 amide bonds. The summed E-state index contributed by atoms with van der Waals surface area (Å²) in [5.74, 6) is -4.79. The smallest absolute Gasteiger partial charge is 0.326 e. The fraction of sp³-hybridized carbons (Fsp3) is 0.571. The maximum absolute atomic E-state index is 13.2. The van der Waals surface area contributed by atoms with Crippen LogP contribution in [0.1, 0.15) is 38.3 Å². The number of aliphatic imine (C=N–C) groups is 1. The van der Waals surface area contributed by atoms with Crippen LogP contribution in [0.15, 0.2) is 17.5 Å². The molecule has 1 aromatic rings. The van der Waals surface area contributed by atoms with Crippen LogP contribution in [0.25, 0.3) is 0 Å². The van der Waals surface area contributed by atoms with Crippen LogP contribution in [-0.2, 0) is 30.4 Å². The van der Waals surface area contributed by atoms with E-state index >= 15 is 0 Å². The summed E-state index contributed by atoms with van der Waals surface area (Å²) < 4.78 is 0. The molecule has 0 aliphatic rings. The molecular formula is C21H36N10O7. The predicted molar refractivity (Wildman–Crippen MR) is 134 cm³/mol. The number of nitrogens with zero attached hydrogens (tertiary/aromatic N) is 2. The number of primary amides is 1. The van der Waals surface area contributed by atoms with Gasteiger partial charge in [-0.15, -0.1) is 0 Å². The van der Waals surface area contributed by atoms with Crippen molar-refractivity contribution in [3.63, 3.8) is 0 Å². The number of carbonyl (C=O) groups is 5. The number of H-pyrrole nitrogens is 1. The molecule has 0 saturated carbocycles. The number of guanidine groups is 1. The van der Waals surface area contributed by atoms with Gasteiger partial charge in [0.2, 0.25) is 23.6 Å². The fourth-order valence-electron chi connectivity index (χ4n) is 3.17. The van der Waals surface area contributed by atoms with Gasteiger partial charge in [-0.2, -0.15) is 0 Å². The van der Waals surface area contributed by atoms with Gasteiger partial charge in [-0.3, -0.25) is 24.2 Å². The molecule has 1 rings (SSSR count). The van der Waals surface area contributed by atoms with Gasteiger partial charge >= 0.3 is 5.97 Å². The molecule has 1 aromatic heterocycles. The van der Waals surface area contributed by atoms with Crippen molar-refractivity contribution in [2.75, 3.05) is 6.54 Å². The number of hydrogen-bond donors (Lipinski definition) is 10. The van der Waals surface area contributed by atoms with E-state index in [1.54, 1.807) is 0 Å². The summed E-state index contributed by atoms with van der Waals surface area (Å²) in [6, 6.07) is -5.28. The molecule has 38 heavy (non-hydrogen) atoms. The van der Waals surface area contributed by atoms with E-state index in [1.165, 1.54) is 19.4 Å². The lowest BCUT2D eigenvalue weighted by molar-refractivity contribution is -0.142. The highest BCUT2D eigenvalue weighted by atomic mass is 16.4. The van der Waals surface area contributed by atoms with Crippen molar-refractivity contribution in [2.45, 2.75) is 69.3 Å². The first-order chi connectivity index (χ1) is 17.8. The molecule has 0 radical (unpaired) electrons. The van der Waals surface area contributed by atoms with Crippen molar-refractivity contribution >= 4 is 35.6 Å². The van der Waals surface area contributed by atoms with E-state index in [0.29, 0.717) is 5.69 Å². The number of rotatable bonds is 17. The maximum Gasteiger partial charge on any atom is 0.326 e. The number of carboxylic acid groups (broad SMARTS) is 1. The summed E-state index contributed by atoms with van der Waals surface area (Å²) in [7, 11) is 0. The molecule has 17 nitrogen and oxygen atoms in total. The van der Waals surface area contributed by atoms with Gasteiger partial charge in [0.15, 0.2) is 5.96 Å². The Bertz CT molecular complexity index is 979. The monoisotopic (exact) mass is 540 g/mol. The lowest BCUT2D eigenvalue weighted by atomic mass is 10.1. The zero-order valence-corrected chi connectivity index (χ0v) is 20.9. The van der Waals surface area contributed by atoms with Crippen LogP contribution < -0.4 is 38.9 Å². The van der Waals surface area contributed by atoms with Crippen molar-refractivity contribution < 1.29 is 34.2 Å². The summed E-state index contributed by atoms with van der Waals surface area (Å²) in [5, 5.41) is 26.3. The highest BCUT2D eigenvalue weighted by molar-refractivity contribution is 5.94. The van der Waals surface area contributed by atoms with Gasteiger partial charge in [-0.1, -0.05) is 0 Å². The van der Waals surface area contributed by atoms with Gasteiger partial charge in [0.25, 0.3) is 0 Å². The third kappa shape index (κ3) is 11.7. The van der Waals surface area contributed by atoms with E-state index in [4.69, 9.17) is 22.9 Å². The van der Waals surface area contributed by atoms with Crippen molar-refractivity contribution in [1.82, 2.24) is 25.9 Å². The molecule has 5 atom stereocenters. The number of carboxylic acids is 1. The Hall–Kier alpha value is -4.25. The molecule has 0 aliphatic carbocycles. The number of aliphatic hydroxyl groups excluding tert-OH is 1.